The van der Waals surface area contributed by atoms with Gasteiger partial charge in [-0.15, -0.1) is 0 Å². The third kappa shape index (κ3) is 2.57. The number of amides is 2. The van der Waals surface area contributed by atoms with Crippen LogP contribution < -0.4 is 0 Å². The predicted molar refractivity (Wildman–Crippen MR) is 71.5 cm³/mol. The number of nitrogens with zero attached hydrogens (tertiary/aromatic N) is 1. The highest BCUT2D eigenvalue weighted by molar-refractivity contribution is 6.42. The molecule has 1 aromatic rings. The second kappa shape index (κ2) is 5.12. The minimum Gasteiger partial charge on any atom is -0.279 e. The van der Waals surface area contributed by atoms with Gasteiger partial charge in [0, 0.05) is 19.0 Å². The second-order valence-corrected chi connectivity index (χ2v) is 4.88. The van der Waals surface area contributed by atoms with E-state index in [4.69, 9.17) is 23.2 Å². The van der Waals surface area contributed by atoms with Gasteiger partial charge in [0.2, 0.25) is 5.91 Å². The fourth-order valence-electron chi connectivity index (χ4n) is 1.85. The van der Waals surface area contributed by atoms with E-state index in [9.17, 15) is 9.59 Å². The van der Waals surface area contributed by atoms with Gasteiger partial charge < -0.3 is 0 Å². The molecule has 1 fully saturated rings. The van der Waals surface area contributed by atoms with Crippen molar-refractivity contribution in [3.8, 4) is 0 Å². The Hall–Kier alpha value is -1.32. The van der Waals surface area contributed by atoms with Gasteiger partial charge in [-0.3, -0.25) is 14.5 Å². The van der Waals surface area contributed by atoms with E-state index in [0.29, 0.717) is 28.6 Å². The summed E-state index contributed by atoms with van der Waals surface area (Å²) in [6.45, 7) is 1.83. The molecule has 0 aromatic heterocycles. The van der Waals surface area contributed by atoms with Crippen LogP contribution in [0.15, 0.2) is 23.8 Å². The molecule has 0 atom stereocenters. The van der Waals surface area contributed by atoms with Gasteiger partial charge in [-0.05, 0) is 30.2 Å². The van der Waals surface area contributed by atoms with Crippen LogP contribution in [0.25, 0.3) is 6.08 Å². The van der Waals surface area contributed by atoms with E-state index in [0.717, 1.165) is 5.56 Å². The third-order valence-corrected chi connectivity index (χ3v) is 3.53. The van der Waals surface area contributed by atoms with Crippen molar-refractivity contribution in [2.45, 2.75) is 13.3 Å². The molecule has 0 aliphatic carbocycles. The van der Waals surface area contributed by atoms with Crippen molar-refractivity contribution in [1.82, 2.24) is 4.90 Å². The van der Waals surface area contributed by atoms with E-state index < -0.39 is 0 Å². The quantitative estimate of drug-likeness (QED) is 0.743. The van der Waals surface area contributed by atoms with Gasteiger partial charge in [-0.1, -0.05) is 29.3 Å². The Morgan fingerprint density at radius 1 is 1.33 bits per heavy atom. The van der Waals surface area contributed by atoms with Crippen molar-refractivity contribution < 1.29 is 9.59 Å². The molecule has 0 bridgehead atoms. The van der Waals surface area contributed by atoms with Gasteiger partial charge in [-0.2, -0.15) is 0 Å². The first-order valence-corrected chi connectivity index (χ1v) is 6.22. The largest absolute Gasteiger partial charge is 0.279 e. The van der Waals surface area contributed by atoms with Crippen LogP contribution in [0.2, 0.25) is 10.0 Å². The fraction of sp³-hybridized carbons (Fsp3) is 0.231. The Kier molecular flexibility index (Phi) is 3.73. The lowest BCUT2D eigenvalue weighted by Gasteiger charge is -2.08. The van der Waals surface area contributed by atoms with Gasteiger partial charge in [-0.25, -0.2) is 0 Å². The molecule has 1 heterocycles. The number of likely N-dealkylation sites (tertiary alicyclic amines) is 1. The molecule has 2 amide bonds. The molecule has 0 unspecified atom stereocenters. The van der Waals surface area contributed by atoms with Crippen LogP contribution in [-0.4, -0.2) is 23.3 Å². The van der Waals surface area contributed by atoms with Crippen LogP contribution >= 0.6 is 23.2 Å². The Balaban J connectivity index is 2.27. The fourth-order valence-corrected chi connectivity index (χ4v) is 2.16. The Labute approximate surface area is 115 Å². The summed E-state index contributed by atoms with van der Waals surface area (Å²) < 4.78 is 0. The Bertz CT molecular complexity index is 552. The van der Waals surface area contributed by atoms with Crippen LogP contribution in [0.3, 0.4) is 0 Å². The Morgan fingerprint density at radius 3 is 2.61 bits per heavy atom. The average molecular weight is 284 g/mol. The van der Waals surface area contributed by atoms with E-state index in [2.05, 4.69) is 0 Å². The summed E-state index contributed by atoms with van der Waals surface area (Å²) in [7, 11) is 0. The topological polar surface area (TPSA) is 37.4 Å². The summed E-state index contributed by atoms with van der Waals surface area (Å²) in [5, 5.41) is 0.918. The predicted octanol–water partition coefficient (Wildman–Crippen LogP) is 3.16. The smallest absolute Gasteiger partial charge is 0.256 e. The summed E-state index contributed by atoms with van der Waals surface area (Å²) in [4.78, 5) is 24.3. The molecule has 1 aliphatic heterocycles. The van der Waals surface area contributed by atoms with Crippen molar-refractivity contribution in [2.75, 3.05) is 6.54 Å². The second-order valence-electron chi connectivity index (χ2n) is 4.07. The van der Waals surface area contributed by atoms with Crippen molar-refractivity contribution in [3.05, 3.63) is 39.4 Å². The van der Waals surface area contributed by atoms with E-state index in [1.165, 1.54) is 11.8 Å². The minimum atomic E-state index is -0.228. The molecule has 18 heavy (non-hydrogen) atoms. The van der Waals surface area contributed by atoms with Gasteiger partial charge in [0.15, 0.2) is 0 Å². The van der Waals surface area contributed by atoms with Gasteiger partial charge in [0.25, 0.3) is 5.91 Å². The van der Waals surface area contributed by atoms with E-state index in [1.807, 2.05) is 0 Å². The molecule has 1 aromatic carbocycles. The molecule has 2 rings (SSSR count). The SMILES string of the molecule is CC(=O)N1CC/C(=C/c2ccc(Cl)c(Cl)c2)C1=O. The minimum absolute atomic E-state index is 0.225. The van der Waals surface area contributed by atoms with Gasteiger partial charge >= 0.3 is 0 Å². The number of hydrogen-bond donors (Lipinski definition) is 0. The molecule has 0 saturated carbocycles. The first-order chi connectivity index (χ1) is 8.49. The average Bonchev–Trinajstić information content (AvgIpc) is 2.66. The molecule has 0 radical (unpaired) electrons. The van der Waals surface area contributed by atoms with Crippen LogP contribution in [-0.2, 0) is 9.59 Å². The highest BCUT2D eigenvalue weighted by Crippen LogP contribution is 2.25. The number of imide groups is 1. The molecule has 5 heteroatoms. The van der Waals surface area contributed by atoms with Crippen LogP contribution in [0.4, 0.5) is 0 Å². The highest BCUT2D eigenvalue weighted by Gasteiger charge is 2.28. The molecule has 0 N–H and O–H groups in total. The summed E-state index contributed by atoms with van der Waals surface area (Å²) in [5.41, 5.74) is 1.42. The van der Waals surface area contributed by atoms with Crippen molar-refractivity contribution in [1.29, 1.82) is 0 Å². The van der Waals surface area contributed by atoms with E-state index in [1.54, 1.807) is 24.3 Å². The van der Waals surface area contributed by atoms with Gasteiger partial charge in [0.1, 0.15) is 0 Å². The normalized spacial score (nSPS) is 17.6. The molecule has 0 spiro atoms. The van der Waals surface area contributed by atoms with Crippen LogP contribution in [0, 0.1) is 0 Å². The molecular formula is C13H11Cl2NO2. The monoisotopic (exact) mass is 283 g/mol. The number of carbonyl (C=O) groups is 2. The summed E-state index contributed by atoms with van der Waals surface area (Å²) >= 11 is 11.7. The molecule has 3 nitrogen and oxygen atoms in total. The van der Waals surface area contributed by atoms with Gasteiger partial charge in [0.05, 0.1) is 10.0 Å². The summed E-state index contributed by atoms with van der Waals surface area (Å²) in [6.07, 6.45) is 2.31. The maximum atomic E-state index is 11.9. The summed E-state index contributed by atoms with van der Waals surface area (Å²) in [5.74, 6) is -0.453. The number of hydrogen-bond acceptors (Lipinski definition) is 2. The van der Waals surface area contributed by atoms with Crippen molar-refractivity contribution in [3.63, 3.8) is 0 Å². The maximum Gasteiger partial charge on any atom is 0.256 e. The first-order valence-electron chi connectivity index (χ1n) is 5.47. The zero-order valence-electron chi connectivity index (χ0n) is 9.74. The number of halogens is 2. The highest BCUT2D eigenvalue weighted by atomic mass is 35.5. The molecule has 94 valence electrons. The standard InChI is InChI=1S/C13H11Cl2NO2/c1-8(17)16-5-4-10(13(16)18)6-9-2-3-11(14)12(15)7-9/h2-3,6-7H,4-5H2,1H3/b10-6-. The van der Waals surface area contributed by atoms with E-state index >= 15 is 0 Å². The number of benzene rings is 1. The Morgan fingerprint density at radius 2 is 2.06 bits per heavy atom. The molecular weight excluding hydrogens is 273 g/mol. The van der Waals surface area contributed by atoms with Crippen molar-refractivity contribution >= 4 is 41.1 Å². The number of rotatable bonds is 1. The maximum absolute atomic E-state index is 11.9. The molecule has 1 aliphatic rings. The lowest BCUT2D eigenvalue weighted by molar-refractivity contribution is -0.138. The lowest BCUT2D eigenvalue weighted by Crippen LogP contribution is -2.29. The molecule has 1 saturated heterocycles. The van der Waals surface area contributed by atoms with Crippen molar-refractivity contribution in [2.24, 2.45) is 0 Å². The number of carbonyl (C=O) groups excluding carboxylic acids is 2. The zero-order chi connectivity index (χ0) is 13.3. The first kappa shape index (κ1) is 13.1. The summed E-state index contributed by atoms with van der Waals surface area (Å²) in [6, 6.07) is 5.16. The lowest BCUT2D eigenvalue weighted by atomic mass is 10.1. The van der Waals surface area contributed by atoms with Crippen LogP contribution in [0.5, 0.6) is 0 Å². The van der Waals surface area contributed by atoms with Crippen LogP contribution in [0.1, 0.15) is 18.9 Å². The zero-order valence-corrected chi connectivity index (χ0v) is 11.3. The third-order valence-electron chi connectivity index (χ3n) is 2.79. The van der Waals surface area contributed by atoms with E-state index in [-0.39, 0.29) is 11.8 Å².